The van der Waals surface area contributed by atoms with Crippen LogP contribution in [-0.2, 0) is 11.3 Å². The van der Waals surface area contributed by atoms with Crippen molar-refractivity contribution < 1.29 is 9.90 Å². The van der Waals surface area contributed by atoms with Crippen molar-refractivity contribution in [2.45, 2.75) is 13.0 Å². The smallest absolute Gasteiger partial charge is 0.240 e. The fourth-order valence-electron chi connectivity index (χ4n) is 3.39. The number of rotatable bonds is 8. The molecular weight excluding hydrogens is 354 g/mol. The third-order valence-corrected chi connectivity index (χ3v) is 4.70. The van der Waals surface area contributed by atoms with E-state index in [0.29, 0.717) is 13.1 Å². The first-order chi connectivity index (χ1) is 13.8. The van der Waals surface area contributed by atoms with E-state index in [4.69, 9.17) is 15.1 Å². The molecule has 7 heteroatoms. The van der Waals surface area contributed by atoms with Gasteiger partial charge in [0.2, 0.25) is 5.91 Å². The maximum Gasteiger partial charge on any atom is 0.240 e. The molecule has 4 rings (SSSR count). The van der Waals surface area contributed by atoms with E-state index in [9.17, 15) is 4.79 Å². The van der Waals surface area contributed by atoms with Crippen LogP contribution < -0.4 is 10.6 Å². The first-order valence-electron chi connectivity index (χ1n) is 9.50. The summed E-state index contributed by atoms with van der Waals surface area (Å²) in [6.45, 7) is 2.23. The van der Waals surface area contributed by atoms with Crippen molar-refractivity contribution in [1.29, 1.82) is 0 Å². The highest BCUT2D eigenvalue weighted by Crippen LogP contribution is 2.27. The van der Waals surface area contributed by atoms with E-state index < -0.39 is 0 Å². The summed E-state index contributed by atoms with van der Waals surface area (Å²) in [5.41, 5.74) is 4.15. The Bertz CT molecular complexity index is 1120. The van der Waals surface area contributed by atoms with Crippen LogP contribution in [0.4, 0.5) is 0 Å². The number of nitrogens with zero attached hydrogens (tertiary/aromatic N) is 3. The van der Waals surface area contributed by atoms with E-state index in [2.05, 4.69) is 10.6 Å². The van der Waals surface area contributed by atoms with Crippen LogP contribution in [0.1, 0.15) is 6.42 Å². The Morgan fingerprint density at radius 3 is 2.54 bits per heavy atom. The maximum absolute atomic E-state index is 12.5. The highest BCUT2D eigenvalue weighted by atomic mass is 16.3. The van der Waals surface area contributed by atoms with Gasteiger partial charge in [-0.2, -0.15) is 0 Å². The zero-order valence-corrected chi connectivity index (χ0v) is 15.6. The number of carbonyl (C=O) groups is 1. The number of benzene rings is 2. The minimum absolute atomic E-state index is 0.0558. The largest absolute Gasteiger partial charge is 0.395 e. The van der Waals surface area contributed by atoms with Crippen LogP contribution in [-0.4, -0.2) is 51.8 Å². The third kappa shape index (κ3) is 3.67. The summed E-state index contributed by atoms with van der Waals surface area (Å²) in [6.07, 6.45) is 0.809. The molecule has 0 aliphatic rings. The van der Waals surface area contributed by atoms with Gasteiger partial charge in [0.15, 0.2) is 5.65 Å². The van der Waals surface area contributed by atoms with Gasteiger partial charge in [0.25, 0.3) is 0 Å². The number of aliphatic hydroxyl groups excluding tert-OH is 1. The van der Waals surface area contributed by atoms with Crippen LogP contribution in [0.3, 0.4) is 0 Å². The fourth-order valence-corrected chi connectivity index (χ4v) is 3.39. The zero-order chi connectivity index (χ0) is 19.3. The molecule has 1 amide bonds. The predicted molar refractivity (Wildman–Crippen MR) is 110 cm³/mol. The van der Waals surface area contributed by atoms with Gasteiger partial charge >= 0.3 is 0 Å². The standard InChI is InChI=1S/C21H23N5O2/c27-13-12-22-10-5-11-23-19(28)14-26-18-9-4-1-6-15(18)20-21(26)25-17-8-3-2-7-16(17)24-20/h1-4,6-9,22,27H,5,10-14H2,(H,23,28). The topological polar surface area (TPSA) is 92.1 Å². The predicted octanol–water partition coefficient (Wildman–Crippen LogP) is 1.83. The Morgan fingerprint density at radius 2 is 1.71 bits per heavy atom. The average Bonchev–Trinajstić information content (AvgIpc) is 3.02. The molecule has 0 atom stereocenters. The molecule has 3 N–H and O–H groups in total. The number of amides is 1. The number of carbonyl (C=O) groups excluding carboxylic acids is 1. The van der Waals surface area contributed by atoms with Gasteiger partial charge < -0.3 is 20.3 Å². The van der Waals surface area contributed by atoms with E-state index in [1.54, 1.807) is 0 Å². The molecule has 0 radical (unpaired) electrons. The first-order valence-corrected chi connectivity index (χ1v) is 9.50. The molecule has 2 aromatic carbocycles. The molecule has 0 aliphatic carbocycles. The number of fused-ring (bicyclic) bond motifs is 4. The SMILES string of the molecule is O=C(Cn1c2ccccc2c2nc3ccccc3nc21)NCCCNCCO. The molecule has 0 unspecified atom stereocenters. The molecule has 0 spiro atoms. The summed E-state index contributed by atoms with van der Waals surface area (Å²) >= 11 is 0. The molecule has 0 aliphatic heterocycles. The van der Waals surface area contributed by atoms with E-state index in [-0.39, 0.29) is 19.1 Å². The Balaban J connectivity index is 1.60. The van der Waals surface area contributed by atoms with E-state index >= 15 is 0 Å². The van der Waals surface area contributed by atoms with Crippen molar-refractivity contribution in [3.8, 4) is 0 Å². The number of nitrogens with one attached hydrogen (secondary N) is 2. The molecule has 0 fully saturated rings. The van der Waals surface area contributed by atoms with E-state index in [1.807, 2.05) is 53.1 Å². The average molecular weight is 377 g/mol. The second kappa shape index (κ2) is 8.33. The highest BCUT2D eigenvalue weighted by Gasteiger charge is 2.16. The van der Waals surface area contributed by atoms with Crippen molar-refractivity contribution in [1.82, 2.24) is 25.2 Å². The van der Waals surface area contributed by atoms with Crippen molar-refractivity contribution in [2.75, 3.05) is 26.2 Å². The number of aromatic nitrogens is 3. The quantitative estimate of drug-likeness (QED) is 0.408. The van der Waals surface area contributed by atoms with E-state index in [0.717, 1.165) is 46.1 Å². The van der Waals surface area contributed by atoms with Gasteiger partial charge in [-0.15, -0.1) is 0 Å². The summed E-state index contributed by atoms with van der Waals surface area (Å²) in [4.78, 5) is 22.1. The monoisotopic (exact) mass is 377 g/mol. The number of hydrogen-bond acceptors (Lipinski definition) is 5. The van der Waals surface area contributed by atoms with Crippen molar-refractivity contribution >= 4 is 39.0 Å². The van der Waals surface area contributed by atoms with Crippen LogP contribution in [0.5, 0.6) is 0 Å². The number of hydrogen-bond donors (Lipinski definition) is 3. The van der Waals surface area contributed by atoms with Gasteiger partial charge in [0.05, 0.1) is 23.2 Å². The van der Waals surface area contributed by atoms with Crippen molar-refractivity contribution in [2.24, 2.45) is 0 Å². The lowest BCUT2D eigenvalue weighted by atomic mass is 10.2. The lowest BCUT2D eigenvalue weighted by Crippen LogP contribution is -2.30. The molecular formula is C21H23N5O2. The van der Waals surface area contributed by atoms with Crippen LogP contribution in [0.15, 0.2) is 48.5 Å². The Hall–Kier alpha value is -3.03. The van der Waals surface area contributed by atoms with Crippen molar-refractivity contribution in [3.63, 3.8) is 0 Å². The van der Waals surface area contributed by atoms with Crippen LogP contribution in [0, 0.1) is 0 Å². The van der Waals surface area contributed by atoms with Gasteiger partial charge in [-0.05, 0) is 31.2 Å². The molecule has 2 aromatic heterocycles. The Morgan fingerprint density at radius 1 is 0.964 bits per heavy atom. The lowest BCUT2D eigenvalue weighted by Gasteiger charge is -2.09. The van der Waals surface area contributed by atoms with Gasteiger partial charge in [-0.3, -0.25) is 4.79 Å². The molecule has 2 heterocycles. The van der Waals surface area contributed by atoms with Gasteiger partial charge in [-0.1, -0.05) is 30.3 Å². The molecule has 0 saturated carbocycles. The minimum atomic E-state index is -0.0558. The van der Waals surface area contributed by atoms with Crippen molar-refractivity contribution in [3.05, 3.63) is 48.5 Å². The third-order valence-electron chi connectivity index (χ3n) is 4.70. The van der Waals surface area contributed by atoms with Crippen LogP contribution in [0.25, 0.3) is 33.1 Å². The van der Waals surface area contributed by atoms with Crippen LogP contribution >= 0.6 is 0 Å². The second-order valence-electron chi connectivity index (χ2n) is 6.66. The summed E-state index contributed by atoms with van der Waals surface area (Å²) < 4.78 is 1.93. The Labute approximate surface area is 162 Å². The first kappa shape index (κ1) is 18.3. The molecule has 4 aromatic rings. The summed E-state index contributed by atoms with van der Waals surface area (Å²) in [7, 11) is 0. The molecule has 7 nitrogen and oxygen atoms in total. The second-order valence-corrected chi connectivity index (χ2v) is 6.66. The highest BCUT2D eigenvalue weighted by molar-refractivity contribution is 6.07. The minimum Gasteiger partial charge on any atom is -0.395 e. The van der Waals surface area contributed by atoms with E-state index in [1.165, 1.54) is 0 Å². The summed E-state index contributed by atoms with van der Waals surface area (Å²) in [5, 5.41) is 15.8. The fraction of sp³-hybridized carbons (Fsp3) is 0.286. The lowest BCUT2D eigenvalue weighted by molar-refractivity contribution is -0.121. The molecule has 0 saturated heterocycles. The number of para-hydroxylation sites is 3. The normalized spacial score (nSPS) is 11.5. The van der Waals surface area contributed by atoms with Gasteiger partial charge in [-0.25, -0.2) is 9.97 Å². The summed E-state index contributed by atoms with van der Waals surface area (Å²) in [6, 6.07) is 15.7. The molecule has 144 valence electrons. The molecule has 28 heavy (non-hydrogen) atoms. The van der Waals surface area contributed by atoms with Crippen LogP contribution in [0.2, 0.25) is 0 Å². The van der Waals surface area contributed by atoms with Gasteiger partial charge in [0.1, 0.15) is 12.1 Å². The maximum atomic E-state index is 12.5. The number of aliphatic hydroxyl groups is 1. The van der Waals surface area contributed by atoms with Gasteiger partial charge in [0, 0.05) is 18.5 Å². The Kier molecular flexibility index (Phi) is 5.45. The molecule has 0 bridgehead atoms. The zero-order valence-electron chi connectivity index (χ0n) is 15.6. The summed E-state index contributed by atoms with van der Waals surface area (Å²) in [5.74, 6) is -0.0558.